The second-order valence-electron chi connectivity index (χ2n) is 5.71. The fourth-order valence-electron chi connectivity index (χ4n) is 3.40. The van der Waals surface area contributed by atoms with Crippen LogP contribution in [0.4, 0.5) is 0 Å². The molecule has 0 atom stereocenters. The molecule has 1 aliphatic rings. The van der Waals surface area contributed by atoms with Crippen LogP contribution in [0.5, 0.6) is 5.75 Å². The third-order valence-corrected chi connectivity index (χ3v) is 4.42. The van der Waals surface area contributed by atoms with E-state index in [1.54, 1.807) is 0 Å². The van der Waals surface area contributed by atoms with Crippen LogP contribution in [0.1, 0.15) is 27.9 Å². The van der Waals surface area contributed by atoms with E-state index < -0.39 is 22.8 Å². The van der Waals surface area contributed by atoms with Crippen LogP contribution in [-0.4, -0.2) is 26.2 Å². The second kappa shape index (κ2) is 4.74. The Labute approximate surface area is 130 Å². The fraction of sp³-hybridized carbons (Fsp3) is 0.176. The number of benzene rings is 1. The Bertz CT molecular complexity index is 1010. The molecule has 0 bridgehead atoms. The topological polar surface area (TPSA) is 106 Å². The minimum atomic E-state index is -1.42. The van der Waals surface area contributed by atoms with Crippen LogP contribution in [0.3, 0.4) is 0 Å². The Morgan fingerprint density at radius 2 is 1.74 bits per heavy atom. The first-order chi connectivity index (χ1) is 11.1. The lowest BCUT2D eigenvalue weighted by Crippen LogP contribution is -2.20. The summed E-state index contributed by atoms with van der Waals surface area (Å²) in [5, 5.41) is 20.5. The molecule has 1 aromatic carbocycles. The number of hydrogen-bond acceptors (Lipinski definition) is 3. The third kappa shape index (κ3) is 1.88. The highest BCUT2D eigenvalue weighted by Gasteiger charge is 2.27. The van der Waals surface area contributed by atoms with Gasteiger partial charge in [-0.3, -0.25) is 4.79 Å². The van der Waals surface area contributed by atoms with Gasteiger partial charge in [0.25, 0.3) is 5.56 Å². The highest BCUT2D eigenvalue weighted by atomic mass is 16.4. The van der Waals surface area contributed by atoms with Gasteiger partial charge in [0, 0.05) is 16.5 Å². The molecule has 4 rings (SSSR count). The van der Waals surface area contributed by atoms with Gasteiger partial charge in [0.2, 0.25) is 0 Å². The monoisotopic (exact) mass is 310 g/mol. The van der Waals surface area contributed by atoms with Crippen molar-refractivity contribution in [3.63, 3.8) is 0 Å². The van der Waals surface area contributed by atoms with Crippen molar-refractivity contribution in [1.29, 1.82) is 0 Å². The maximum atomic E-state index is 12.1. The van der Waals surface area contributed by atoms with Crippen molar-refractivity contribution in [2.75, 3.05) is 0 Å². The summed E-state index contributed by atoms with van der Waals surface area (Å²) in [6.45, 7) is 0. The fourth-order valence-corrected chi connectivity index (χ4v) is 3.40. The molecule has 2 aromatic heterocycles. The first-order valence-corrected chi connectivity index (χ1v) is 7.39. The van der Waals surface area contributed by atoms with E-state index in [-0.39, 0.29) is 0 Å². The maximum absolute atomic E-state index is 12.1. The molecule has 0 fully saturated rings. The van der Waals surface area contributed by atoms with E-state index in [0.29, 0.717) is 17.7 Å². The number of aromatic nitrogens is 2. The molecule has 1 aliphatic carbocycles. The summed E-state index contributed by atoms with van der Waals surface area (Å²) in [6, 6.07) is 7.84. The van der Waals surface area contributed by atoms with Gasteiger partial charge in [0.05, 0.1) is 11.4 Å². The van der Waals surface area contributed by atoms with Gasteiger partial charge in [-0.05, 0) is 30.9 Å². The lowest BCUT2D eigenvalue weighted by Gasteiger charge is -2.10. The zero-order chi connectivity index (χ0) is 16.1. The van der Waals surface area contributed by atoms with Crippen LogP contribution in [0, 0.1) is 0 Å². The van der Waals surface area contributed by atoms with E-state index in [9.17, 15) is 14.7 Å². The van der Waals surface area contributed by atoms with Gasteiger partial charge in [-0.25, -0.2) is 4.79 Å². The van der Waals surface area contributed by atoms with Crippen molar-refractivity contribution in [2.45, 2.75) is 19.3 Å². The number of H-pyrrole nitrogens is 2. The van der Waals surface area contributed by atoms with Crippen LogP contribution in [0.25, 0.3) is 22.3 Å². The number of aromatic hydroxyl groups is 1. The highest BCUT2D eigenvalue weighted by molar-refractivity contribution is 5.94. The minimum Gasteiger partial charge on any atom is -0.506 e. The van der Waals surface area contributed by atoms with Crippen LogP contribution in [0.2, 0.25) is 0 Å². The van der Waals surface area contributed by atoms with Crippen LogP contribution >= 0.6 is 0 Å². The summed E-state index contributed by atoms with van der Waals surface area (Å²) in [6.07, 6.45) is 2.06. The summed E-state index contributed by atoms with van der Waals surface area (Å²) in [5.74, 6) is -1.85. The summed E-state index contributed by atoms with van der Waals surface area (Å²) < 4.78 is 0. The number of fused-ring (bicyclic) bond motifs is 5. The number of carboxylic acid groups (broad SMARTS) is 1. The number of aromatic carboxylic acids is 1. The highest BCUT2D eigenvalue weighted by Crippen LogP contribution is 2.38. The Balaban J connectivity index is 2.09. The summed E-state index contributed by atoms with van der Waals surface area (Å²) in [5.41, 5.74) is 2.37. The molecule has 4 N–H and O–H groups in total. The molecule has 3 aromatic rings. The quantitative estimate of drug-likeness (QED) is 0.553. The molecular weight excluding hydrogens is 296 g/mol. The minimum absolute atomic E-state index is 0.428. The molecule has 6 heteroatoms. The number of pyridine rings is 1. The van der Waals surface area contributed by atoms with E-state index in [4.69, 9.17) is 5.11 Å². The Kier molecular flexibility index (Phi) is 2.81. The molecule has 0 saturated heterocycles. The number of para-hydroxylation sites is 1. The van der Waals surface area contributed by atoms with Gasteiger partial charge in [-0.1, -0.05) is 18.2 Å². The van der Waals surface area contributed by atoms with Crippen molar-refractivity contribution in [3.05, 3.63) is 51.3 Å². The van der Waals surface area contributed by atoms with E-state index in [2.05, 4.69) is 9.97 Å². The number of rotatable bonds is 1. The molecule has 0 unspecified atom stereocenters. The molecule has 0 saturated carbocycles. The lowest BCUT2D eigenvalue weighted by atomic mass is 10.0. The Morgan fingerprint density at radius 1 is 1.04 bits per heavy atom. The number of aryl methyl sites for hydroxylation is 1. The summed E-state index contributed by atoms with van der Waals surface area (Å²) in [7, 11) is 0. The van der Waals surface area contributed by atoms with Gasteiger partial charge >= 0.3 is 5.97 Å². The first-order valence-electron chi connectivity index (χ1n) is 7.39. The van der Waals surface area contributed by atoms with E-state index in [1.807, 2.05) is 24.3 Å². The summed E-state index contributed by atoms with van der Waals surface area (Å²) in [4.78, 5) is 29.2. The number of hydrogen-bond donors (Lipinski definition) is 4. The smallest absolute Gasteiger partial charge is 0.345 e. The molecule has 116 valence electrons. The molecular formula is C17H14N2O4. The predicted molar refractivity (Wildman–Crippen MR) is 85.0 cm³/mol. The molecule has 23 heavy (non-hydrogen) atoms. The van der Waals surface area contributed by atoms with Gasteiger partial charge in [-0.2, -0.15) is 0 Å². The first kappa shape index (κ1) is 13.6. The molecule has 6 nitrogen and oxygen atoms in total. The molecule has 2 heterocycles. The van der Waals surface area contributed by atoms with Crippen molar-refractivity contribution >= 4 is 16.9 Å². The van der Waals surface area contributed by atoms with Crippen molar-refractivity contribution in [1.82, 2.24) is 9.97 Å². The molecule has 0 spiro atoms. The number of carbonyl (C=O) groups is 1. The Morgan fingerprint density at radius 3 is 2.52 bits per heavy atom. The van der Waals surface area contributed by atoms with Gasteiger partial charge in [0.1, 0.15) is 5.75 Å². The van der Waals surface area contributed by atoms with Crippen molar-refractivity contribution in [3.8, 4) is 17.1 Å². The largest absolute Gasteiger partial charge is 0.506 e. The normalized spacial score (nSPS) is 13.4. The maximum Gasteiger partial charge on any atom is 0.345 e. The SMILES string of the molecule is O=C(O)c1c(O)c2c([nH]c1=O)-c1[nH]c3ccccc3c1CCC2. The van der Waals surface area contributed by atoms with E-state index in [1.165, 1.54) is 0 Å². The second-order valence-corrected chi connectivity index (χ2v) is 5.71. The lowest BCUT2D eigenvalue weighted by molar-refractivity contribution is 0.0691. The average molecular weight is 310 g/mol. The zero-order valence-electron chi connectivity index (χ0n) is 12.1. The number of nitrogens with one attached hydrogen (secondary N) is 2. The van der Waals surface area contributed by atoms with Gasteiger partial charge in [-0.15, -0.1) is 0 Å². The molecule has 0 aliphatic heterocycles. The number of carboxylic acids is 1. The summed E-state index contributed by atoms with van der Waals surface area (Å²) >= 11 is 0. The standard InChI is InChI=1S/C17H14N2O4/c20-15-10-6-3-5-9-8-4-1-2-7-11(8)18-13(9)14(10)19-16(21)12(15)17(22)23/h1-2,4,7,18H,3,5-6H2,(H,22,23)(H2,19,20,21). The van der Waals surface area contributed by atoms with Crippen molar-refractivity contribution in [2.24, 2.45) is 0 Å². The molecule has 0 radical (unpaired) electrons. The third-order valence-electron chi connectivity index (χ3n) is 4.42. The van der Waals surface area contributed by atoms with Gasteiger partial charge < -0.3 is 20.2 Å². The van der Waals surface area contributed by atoms with Crippen LogP contribution in [0.15, 0.2) is 29.1 Å². The van der Waals surface area contributed by atoms with Gasteiger partial charge in [0.15, 0.2) is 5.56 Å². The molecule has 0 amide bonds. The van der Waals surface area contributed by atoms with E-state index >= 15 is 0 Å². The Hall–Kier alpha value is -3.02. The zero-order valence-corrected chi connectivity index (χ0v) is 12.1. The predicted octanol–water partition coefficient (Wildman–Crippen LogP) is 2.42. The van der Waals surface area contributed by atoms with Crippen LogP contribution in [-0.2, 0) is 12.8 Å². The number of aromatic amines is 2. The average Bonchev–Trinajstić information content (AvgIpc) is 2.78. The van der Waals surface area contributed by atoms with E-state index in [0.717, 1.165) is 35.0 Å². The van der Waals surface area contributed by atoms with Crippen LogP contribution < -0.4 is 5.56 Å². The van der Waals surface area contributed by atoms with Crippen molar-refractivity contribution < 1.29 is 15.0 Å².